The maximum atomic E-state index is 12.4. The van der Waals surface area contributed by atoms with Gasteiger partial charge in [-0.25, -0.2) is 13.4 Å². The molecule has 3 rings (SSSR count). The van der Waals surface area contributed by atoms with E-state index in [0.717, 1.165) is 27.7 Å². The van der Waals surface area contributed by atoms with E-state index in [0.29, 0.717) is 11.3 Å². The van der Waals surface area contributed by atoms with E-state index in [1.165, 1.54) is 11.8 Å². The molecule has 0 aliphatic carbocycles. The predicted octanol–water partition coefficient (Wildman–Crippen LogP) is 3.89. The molecule has 0 radical (unpaired) electrons. The summed E-state index contributed by atoms with van der Waals surface area (Å²) < 4.78 is 24.8. The lowest BCUT2D eigenvalue weighted by molar-refractivity contribution is 0.102. The van der Waals surface area contributed by atoms with Crippen LogP contribution in [0.25, 0.3) is 10.9 Å². The van der Waals surface area contributed by atoms with Gasteiger partial charge in [0.05, 0.1) is 22.6 Å². The highest BCUT2D eigenvalue weighted by Crippen LogP contribution is 2.24. The molecular formula is C19H18N2O3S2. The zero-order valence-corrected chi connectivity index (χ0v) is 16.0. The van der Waals surface area contributed by atoms with Crippen molar-refractivity contribution in [1.82, 2.24) is 4.98 Å². The van der Waals surface area contributed by atoms with Crippen LogP contribution in [0.15, 0.2) is 59.6 Å². The van der Waals surface area contributed by atoms with E-state index in [4.69, 9.17) is 0 Å². The van der Waals surface area contributed by atoms with Crippen molar-refractivity contribution in [2.24, 2.45) is 0 Å². The van der Waals surface area contributed by atoms with Gasteiger partial charge in [-0.3, -0.25) is 9.52 Å². The van der Waals surface area contributed by atoms with E-state index >= 15 is 0 Å². The van der Waals surface area contributed by atoms with Gasteiger partial charge in [-0.1, -0.05) is 30.0 Å². The average molecular weight is 386 g/mol. The number of hydrogen-bond donors (Lipinski definition) is 1. The number of sulfonamides is 1. The van der Waals surface area contributed by atoms with Gasteiger partial charge in [0, 0.05) is 16.6 Å². The number of nitrogens with one attached hydrogen (secondary N) is 1. The van der Waals surface area contributed by atoms with E-state index in [-0.39, 0.29) is 11.5 Å². The Morgan fingerprint density at radius 2 is 1.81 bits per heavy atom. The maximum Gasteiger partial charge on any atom is 0.229 e. The molecule has 1 heterocycles. The van der Waals surface area contributed by atoms with E-state index in [9.17, 15) is 13.2 Å². The molecule has 0 amide bonds. The number of fused-ring (bicyclic) bond motifs is 1. The van der Waals surface area contributed by atoms with Crippen molar-refractivity contribution in [3.63, 3.8) is 0 Å². The van der Waals surface area contributed by atoms with Crippen molar-refractivity contribution >= 4 is 44.2 Å². The Balaban J connectivity index is 1.69. The van der Waals surface area contributed by atoms with Crippen LogP contribution in [0.5, 0.6) is 0 Å². The van der Waals surface area contributed by atoms with Gasteiger partial charge < -0.3 is 0 Å². The number of Topliss-reactive ketones (excluding diaryl/α,β-unsaturated/α-hetero) is 1. The fourth-order valence-corrected chi connectivity index (χ4v) is 3.99. The van der Waals surface area contributed by atoms with Gasteiger partial charge >= 0.3 is 0 Å². The topological polar surface area (TPSA) is 76.1 Å². The standard InChI is InChI=1S/C19H18N2O3S2/c1-13-11-19(20-17-6-4-3-5-16(13)17)25-12-18(22)14-7-9-15(10-8-14)21-26(2,23)24/h3-11,21H,12H2,1-2H3. The molecule has 0 saturated heterocycles. The Labute approximate surface area is 156 Å². The normalized spacial score (nSPS) is 11.5. The fourth-order valence-electron chi connectivity index (χ4n) is 2.55. The molecule has 2 aromatic carbocycles. The lowest BCUT2D eigenvalue weighted by Crippen LogP contribution is -2.10. The molecule has 0 fully saturated rings. The second-order valence-electron chi connectivity index (χ2n) is 5.96. The van der Waals surface area contributed by atoms with Crippen molar-refractivity contribution < 1.29 is 13.2 Å². The number of ketones is 1. The zero-order chi connectivity index (χ0) is 18.7. The van der Waals surface area contributed by atoms with Crippen LogP contribution < -0.4 is 4.72 Å². The van der Waals surface area contributed by atoms with Crippen LogP contribution >= 0.6 is 11.8 Å². The van der Waals surface area contributed by atoms with Gasteiger partial charge in [0.25, 0.3) is 0 Å². The number of thioether (sulfide) groups is 1. The summed E-state index contributed by atoms with van der Waals surface area (Å²) in [4.78, 5) is 17.0. The van der Waals surface area contributed by atoms with Crippen LogP contribution in [-0.2, 0) is 10.0 Å². The lowest BCUT2D eigenvalue weighted by atomic mass is 10.1. The summed E-state index contributed by atoms with van der Waals surface area (Å²) in [6.07, 6.45) is 1.08. The lowest BCUT2D eigenvalue weighted by Gasteiger charge is -2.07. The number of carbonyl (C=O) groups excluding carboxylic acids is 1. The summed E-state index contributed by atoms with van der Waals surface area (Å²) in [7, 11) is -3.33. The van der Waals surface area contributed by atoms with E-state index in [2.05, 4.69) is 9.71 Å². The van der Waals surface area contributed by atoms with Gasteiger partial charge in [-0.2, -0.15) is 0 Å². The summed E-state index contributed by atoms with van der Waals surface area (Å²) in [6.45, 7) is 2.03. The smallest absolute Gasteiger partial charge is 0.229 e. The highest BCUT2D eigenvalue weighted by Gasteiger charge is 2.10. The van der Waals surface area contributed by atoms with Crippen LogP contribution in [0.3, 0.4) is 0 Å². The summed E-state index contributed by atoms with van der Waals surface area (Å²) in [5.74, 6) is 0.234. The largest absolute Gasteiger partial charge is 0.293 e. The summed E-state index contributed by atoms with van der Waals surface area (Å²) in [5, 5.41) is 1.92. The molecule has 26 heavy (non-hydrogen) atoms. The minimum absolute atomic E-state index is 0.0338. The van der Waals surface area contributed by atoms with Crippen LogP contribution in [0.4, 0.5) is 5.69 Å². The number of aromatic nitrogens is 1. The maximum absolute atomic E-state index is 12.4. The monoisotopic (exact) mass is 386 g/mol. The number of carbonyl (C=O) groups is 1. The molecule has 0 bridgehead atoms. The minimum Gasteiger partial charge on any atom is -0.293 e. The van der Waals surface area contributed by atoms with Crippen molar-refractivity contribution in [2.45, 2.75) is 11.9 Å². The molecule has 0 spiro atoms. The highest BCUT2D eigenvalue weighted by atomic mass is 32.2. The number of benzene rings is 2. The molecule has 0 aliphatic rings. The molecule has 134 valence electrons. The Morgan fingerprint density at radius 1 is 1.12 bits per heavy atom. The van der Waals surface area contributed by atoms with Crippen molar-refractivity contribution in [3.05, 3.63) is 65.7 Å². The number of nitrogens with zero attached hydrogens (tertiary/aromatic N) is 1. The third-order valence-electron chi connectivity index (χ3n) is 3.76. The number of anilines is 1. The summed E-state index contributed by atoms with van der Waals surface area (Å²) >= 11 is 1.39. The molecule has 0 atom stereocenters. The first-order valence-corrected chi connectivity index (χ1v) is 10.8. The Kier molecular flexibility index (Phi) is 5.29. The Bertz CT molecular complexity index is 1060. The minimum atomic E-state index is -3.33. The number of rotatable bonds is 6. The first-order chi connectivity index (χ1) is 12.3. The van der Waals surface area contributed by atoms with E-state index in [1.807, 2.05) is 37.3 Å². The highest BCUT2D eigenvalue weighted by molar-refractivity contribution is 7.99. The average Bonchev–Trinajstić information content (AvgIpc) is 2.59. The van der Waals surface area contributed by atoms with Gasteiger partial charge in [0.1, 0.15) is 0 Å². The van der Waals surface area contributed by atoms with Crippen molar-refractivity contribution in [2.75, 3.05) is 16.7 Å². The van der Waals surface area contributed by atoms with Gasteiger partial charge in [0.2, 0.25) is 10.0 Å². The molecule has 7 heteroatoms. The molecule has 0 saturated carbocycles. The van der Waals surface area contributed by atoms with Crippen LogP contribution in [0.2, 0.25) is 0 Å². The number of pyridine rings is 1. The first kappa shape index (κ1) is 18.4. The molecule has 0 unspecified atom stereocenters. The van der Waals surface area contributed by atoms with E-state index < -0.39 is 10.0 Å². The van der Waals surface area contributed by atoms with Gasteiger partial charge in [-0.05, 0) is 48.9 Å². The molecular weight excluding hydrogens is 368 g/mol. The van der Waals surface area contributed by atoms with E-state index in [1.54, 1.807) is 24.3 Å². The number of aryl methyl sites for hydroxylation is 1. The molecule has 1 aromatic heterocycles. The second kappa shape index (κ2) is 7.47. The fraction of sp³-hybridized carbons (Fsp3) is 0.158. The van der Waals surface area contributed by atoms with Crippen LogP contribution in [-0.4, -0.2) is 31.2 Å². The number of para-hydroxylation sites is 1. The molecule has 1 N–H and O–H groups in total. The third kappa shape index (κ3) is 4.62. The van der Waals surface area contributed by atoms with Crippen LogP contribution in [0, 0.1) is 6.92 Å². The van der Waals surface area contributed by atoms with Crippen molar-refractivity contribution in [3.8, 4) is 0 Å². The molecule has 3 aromatic rings. The Hall–Kier alpha value is -2.38. The Morgan fingerprint density at radius 3 is 2.50 bits per heavy atom. The van der Waals surface area contributed by atoms with Crippen molar-refractivity contribution in [1.29, 1.82) is 0 Å². The summed E-state index contributed by atoms with van der Waals surface area (Å²) in [5.41, 5.74) is 3.01. The molecule has 0 aliphatic heterocycles. The SMILES string of the molecule is Cc1cc(SCC(=O)c2ccc(NS(C)(=O)=O)cc2)nc2ccccc12. The van der Waals surface area contributed by atoms with Gasteiger partial charge in [-0.15, -0.1) is 0 Å². The molecule has 5 nitrogen and oxygen atoms in total. The summed E-state index contributed by atoms with van der Waals surface area (Å²) in [6, 6.07) is 16.3. The number of hydrogen-bond acceptors (Lipinski definition) is 5. The quantitative estimate of drug-likeness (QED) is 0.514. The van der Waals surface area contributed by atoms with Crippen LogP contribution in [0.1, 0.15) is 15.9 Å². The predicted molar refractivity (Wildman–Crippen MR) is 106 cm³/mol. The van der Waals surface area contributed by atoms with Gasteiger partial charge in [0.15, 0.2) is 5.78 Å². The second-order valence-corrected chi connectivity index (χ2v) is 8.70. The third-order valence-corrected chi connectivity index (χ3v) is 5.28. The first-order valence-electron chi connectivity index (χ1n) is 7.92. The zero-order valence-electron chi connectivity index (χ0n) is 14.4.